The molecule has 13 heavy (non-hydrogen) atoms. The van der Waals surface area contributed by atoms with Gasteiger partial charge in [0.25, 0.3) is 0 Å². The van der Waals surface area contributed by atoms with Crippen LogP contribution < -0.4 is 5.32 Å². The van der Waals surface area contributed by atoms with Gasteiger partial charge in [-0.15, -0.1) is 0 Å². The molecule has 0 aromatic carbocycles. The van der Waals surface area contributed by atoms with Gasteiger partial charge in [-0.25, -0.2) is 0 Å². The third-order valence-electron chi connectivity index (χ3n) is 3.09. The van der Waals surface area contributed by atoms with Crippen molar-refractivity contribution in [1.29, 1.82) is 0 Å². The molecule has 1 heteroatoms. The third kappa shape index (κ3) is 3.95. The SMILES string of the molecule is C/C=C(\CC)CNC1CCCCC1. The molecule has 0 saturated heterocycles. The molecule has 1 N–H and O–H groups in total. The van der Waals surface area contributed by atoms with E-state index < -0.39 is 0 Å². The van der Waals surface area contributed by atoms with Gasteiger partial charge in [-0.1, -0.05) is 37.8 Å². The van der Waals surface area contributed by atoms with Crippen LogP contribution in [-0.2, 0) is 0 Å². The minimum absolute atomic E-state index is 0.801. The van der Waals surface area contributed by atoms with E-state index in [4.69, 9.17) is 0 Å². The predicted octanol–water partition coefficient (Wildman–Crippen LogP) is 3.27. The molecule has 0 aromatic rings. The van der Waals surface area contributed by atoms with Gasteiger partial charge in [-0.2, -0.15) is 0 Å². The summed E-state index contributed by atoms with van der Waals surface area (Å²) in [5.41, 5.74) is 1.55. The number of allylic oxidation sites excluding steroid dienone is 1. The molecule has 0 heterocycles. The summed E-state index contributed by atoms with van der Waals surface area (Å²) in [6.07, 6.45) is 10.5. The van der Waals surface area contributed by atoms with Crippen molar-refractivity contribution < 1.29 is 0 Å². The summed E-state index contributed by atoms with van der Waals surface area (Å²) in [5.74, 6) is 0. The molecular weight excluding hydrogens is 158 g/mol. The molecule has 0 bridgehead atoms. The van der Waals surface area contributed by atoms with Crippen molar-refractivity contribution in [1.82, 2.24) is 5.32 Å². The molecule has 1 nitrogen and oxygen atoms in total. The summed E-state index contributed by atoms with van der Waals surface area (Å²) in [4.78, 5) is 0. The monoisotopic (exact) mass is 181 g/mol. The summed E-state index contributed by atoms with van der Waals surface area (Å²) in [7, 11) is 0. The first-order valence-corrected chi connectivity index (χ1v) is 5.74. The van der Waals surface area contributed by atoms with Crippen molar-refractivity contribution in [3.05, 3.63) is 11.6 Å². The predicted molar refractivity (Wildman–Crippen MR) is 58.9 cm³/mol. The third-order valence-corrected chi connectivity index (χ3v) is 3.09. The Morgan fingerprint density at radius 2 is 2.00 bits per heavy atom. The number of nitrogens with one attached hydrogen (secondary N) is 1. The lowest BCUT2D eigenvalue weighted by Gasteiger charge is -2.23. The van der Waals surface area contributed by atoms with Gasteiger partial charge in [0, 0.05) is 12.6 Å². The Labute approximate surface area is 82.6 Å². The Morgan fingerprint density at radius 1 is 1.31 bits per heavy atom. The van der Waals surface area contributed by atoms with Crippen LogP contribution >= 0.6 is 0 Å². The van der Waals surface area contributed by atoms with Crippen molar-refractivity contribution >= 4 is 0 Å². The second kappa shape index (κ2) is 6.20. The van der Waals surface area contributed by atoms with Crippen molar-refractivity contribution in [2.75, 3.05) is 6.54 Å². The van der Waals surface area contributed by atoms with Crippen molar-refractivity contribution in [3.8, 4) is 0 Å². The van der Waals surface area contributed by atoms with E-state index in [1.54, 1.807) is 5.57 Å². The number of rotatable bonds is 4. The van der Waals surface area contributed by atoms with Gasteiger partial charge in [-0.3, -0.25) is 0 Å². The molecule has 0 radical (unpaired) electrons. The van der Waals surface area contributed by atoms with E-state index >= 15 is 0 Å². The first kappa shape index (κ1) is 10.8. The van der Waals surface area contributed by atoms with Gasteiger partial charge in [0.2, 0.25) is 0 Å². The molecule has 0 spiro atoms. The minimum Gasteiger partial charge on any atom is -0.310 e. The molecule has 0 atom stereocenters. The summed E-state index contributed by atoms with van der Waals surface area (Å²) in [6.45, 7) is 5.48. The lowest BCUT2D eigenvalue weighted by molar-refractivity contribution is 0.382. The van der Waals surface area contributed by atoms with Gasteiger partial charge in [0.15, 0.2) is 0 Å². The average Bonchev–Trinajstić information content (AvgIpc) is 2.21. The second-order valence-electron chi connectivity index (χ2n) is 4.02. The normalized spacial score (nSPS) is 20.6. The van der Waals surface area contributed by atoms with Gasteiger partial charge >= 0.3 is 0 Å². The number of hydrogen-bond acceptors (Lipinski definition) is 1. The summed E-state index contributed by atoms with van der Waals surface area (Å²) in [6, 6.07) is 0.801. The van der Waals surface area contributed by atoms with Crippen LogP contribution in [0.15, 0.2) is 11.6 Å². The fourth-order valence-corrected chi connectivity index (χ4v) is 2.01. The highest BCUT2D eigenvalue weighted by atomic mass is 14.9. The van der Waals surface area contributed by atoms with Gasteiger partial charge in [-0.05, 0) is 26.2 Å². The molecule has 1 aliphatic carbocycles. The van der Waals surface area contributed by atoms with E-state index in [2.05, 4.69) is 25.2 Å². The van der Waals surface area contributed by atoms with E-state index in [9.17, 15) is 0 Å². The molecule has 76 valence electrons. The van der Waals surface area contributed by atoms with Gasteiger partial charge in [0.05, 0.1) is 0 Å². The average molecular weight is 181 g/mol. The van der Waals surface area contributed by atoms with Crippen molar-refractivity contribution in [2.45, 2.75) is 58.4 Å². The van der Waals surface area contributed by atoms with Crippen LogP contribution in [-0.4, -0.2) is 12.6 Å². The first-order chi connectivity index (χ1) is 6.36. The smallest absolute Gasteiger partial charge is 0.0166 e. The molecule has 1 rings (SSSR count). The minimum atomic E-state index is 0.801. The quantitative estimate of drug-likeness (QED) is 0.656. The zero-order valence-corrected chi connectivity index (χ0v) is 9.10. The highest BCUT2D eigenvalue weighted by Crippen LogP contribution is 2.17. The van der Waals surface area contributed by atoms with Crippen LogP contribution in [0.4, 0.5) is 0 Å². The van der Waals surface area contributed by atoms with Crippen molar-refractivity contribution in [2.24, 2.45) is 0 Å². The maximum Gasteiger partial charge on any atom is 0.0166 e. The molecule has 1 fully saturated rings. The standard InChI is InChI=1S/C12H23N/c1-3-11(4-2)10-13-12-8-6-5-7-9-12/h3,12-13H,4-10H2,1-2H3/b11-3+. The maximum atomic E-state index is 3.66. The Balaban J connectivity index is 2.16. The first-order valence-electron chi connectivity index (χ1n) is 5.74. The topological polar surface area (TPSA) is 12.0 Å². The van der Waals surface area contributed by atoms with Crippen LogP contribution in [0.2, 0.25) is 0 Å². The molecule has 0 aromatic heterocycles. The zero-order valence-electron chi connectivity index (χ0n) is 9.10. The Morgan fingerprint density at radius 3 is 2.54 bits per heavy atom. The van der Waals surface area contributed by atoms with Crippen LogP contribution in [0.3, 0.4) is 0 Å². The summed E-state index contributed by atoms with van der Waals surface area (Å²) < 4.78 is 0. The van der Waals surface area contributed by atoms with E-state index in [1.807, 2.05) is 0 Å². The fraction of sp³-hybridized carbons (Fsp3) is 0.833. The van der Waals surface area contributed by atoms with Crippen LogP contribution in [0.5, 0.6) is 0 Å². The summed E-state index contributed by atoms with van der Waals surface area (Å²) in [5, 5.41) is 3.66. The molecule has 0 amide bonds. The molecular formula is C12H23N. The highest BCUT2D eigenvalue weighted by Gasteiger charge is 2.11. The maximum absolute atomic E-state index is 3.66. The summed E-state index contributed by atoms with van der Waals surface area (Å²) >= 11 is 0. The Bertz CT molecular complexity index is 155. The van der Waals surface area contributed by atoms with Crippen LogP contribution in [0.1, 0.15) is 52.4 Å². The zero-order chi connectivity index (χ0) is 9.52. The van der Waals surface area contributed by atoms with E-state index in [1.165, 1.54) is 38.5 Å². The van der Waals surface area contributed by atoms with Gasteiger partial charge in [0.1, 0.15) is 0 Å². The Kier molecular flexibility index (Phi) is 5.14. The van der Waals surface area contributed by atoms with Crippen molar-refractivity contribution in [3.63, 3.8) is 0 Å². The highest BCUT2D eigenvalue weighted by molar-refractivity contribution is 5.01. The molecule has 1 aliphatic rings. The lowest BCUT2D eigenvalue weighted by Crippen LogP contribution is -2.32. The van der Waals surface area contributed by atoms with Gasteiger partial charge < -0.3 is 5.32 Å². The molecule has 0 unspecified atom stereocenters. The molecule has 0 aliphatic heterocycles. The lowest BCUT2D eigenvalue weighted by atomic mass is 9.95. The van der Waals surface area contributed by atoms with E-state index in [0.29, 0.717) is 0 Å². The van der Waals surface area contributed by atoms with Crippen LogP contribution in [0.25, 0.3) is 0 Å². The molecule has 1 saturated carbocycles. The van der Waals surface area contributed by atoms with E-state index in [-0.39, 0.29) is 0 Å². The fourth-order valence-electron chi connectivity index (χ4n) is 2.01. The Hall–Kier alpha value is -0.300. The van der Waals surface area contributed by atoms with E-state index in [0.717, 1.165) is 12.6 Å². The van der Waals surface area contributed by atoms with Crippen LogP contribution in [0, 0.1) is 0 Å². The second-order valence-corrected chi connectivity index (χ2v) is 4.02. The largest absolute Gasteiger partial charge is 0.310 e. The number of hydrogen-bond donors (Lipinski definition) is 1.